The summed E-state index contributed by atoms with van der Waals surface area (Å²) in [6, 6.07) is 8.96. The predicted molar refractivity (Wildman–Crippen MR) is 86.2 cm³/mol. The molecule has 1 aliphatic carbocycles. The van der Waals surface area contributed by atoms with Crippen molar-refractivity contribution in [3.63, 3.8) is 0 Å². The lowest BCUT2D eigenvalue weighted by Gasteiger charge is -2.22. The summed E-state index contributed by atoms with van der Waals surface area (Å²) in [5, 5.41) is 0. The standard InChI is InChI=1S/C17H26O3S/c18-21(19,20)14-6-2-3-7-15-10-12-17(13-11-15)16-8-4-1-5-9-16/h10-13,16H,1-9,14H2,(H,18,19,20). The number of unbranched alkanes of at least 4 members (excludes halogenated alkanes) is 2. The van der Waals surface area contributed by atoms with Crippen LogP contribution in [0.15, 0.2) is 24.3 Å². The normalized spacial score (nSPS) is 17.0. The van der Waals surface area contributed by atoms with Crippen LogP contribution in [0.3, 0.4) is 0 Å². The lowest BCUT2D eigenvalue weighted by molar-refractivity contribution is 0.443. The third-order valence-corrected chi connectivity index (χ3v) is 5.23. The molecule has 0 aromatic heterocycles. The second kappa shape index (κ2) is 7.95. The maximum Gasteiger partial charge on any atom is 0.264 e. The Balaban J connectivity index is 1.72. The summed E-state index contributed by atoms with van der Waals surface area (Å²) < 4.78 is 29.9. The molecular formula is C17H26O3S. The molecule has 21 heavy (non-hydrogen) atoms. The van der Waals surface area contributed by atoms with Gasteiger partial charge in [0.05, 0.1) is 5.75 Å². The zero-order chi connectivity index (χ0) is 15.1. The molecule has 4 heteroatoms. The first kappa shape index (κ1) is 16.5. The van der Waals surface area contributed by atoms with Crippen LogP contribution < -0.4 is 0 Å². The lowest BCUT2D eigenvalue weighted by atomic mass is 9.84. The number of hydrogen-bond donors (Lipinski definition) is 1. The Morgan fingerprint density at radius 3 is 2.24 bits per heavy atom. The number of rotatable bonds is 7. The molecule has 0 unspecified atom stereocenters. The summed E-state index contributed by atoms with van der Waals surface area (Å²) in [6.45, 7) is 0. The first-order valence-corrected chi connectivity index (χ1v) is 9.69. The quantitative estimate of drug-likeness (QED) is 0.602. The Morgan fingerprint density at radius 1 is 0.952 bits per heavy atom. The van der Waals surface area contributed by atoms with Gasteiger partial charge in [-0.3, -0.25) is 4.55 Å². The predicted octanol–water partition coefficient (Wildman–Crippen LogP) is 4.33. The first-order chi connectivity index (χ1) is 10.0. The van der Waals surface area contributed by atoms with Gasteiger partial charge in [0.1, 0.15) is 0 Å². The van der Waals surface area contributed by atoms with E-state index in [2.05, 4.69) is 24.3 Å². The monoisotopic (exact) mass is 310 g/mol. The van der Waals surface area contributed by atoms with Crippen LogP contribution in [0.25, 0.3) is 0 Å². The van der Waals surface area contributed by atoms with Crippen molar-refractivity contribution in [3.8, 4) is 0 Å². The van der Waals surface area contributed by atoms with E-state index >= 15 is 0 Å². The molecule has 1 fully saturated rings. The molecule has 0 amide bonds. The van der Waals surface area contributed by atoms with Crippen LogP contribution in [0.2, 0.25) is 0 Å². The average Bonchev–Trinajstić information content (AvgIpc) is 2.47. The van der Waals surface area contributed by atoms with Gasteiger partial charge in [-0.05, 0) is 49.1 Å². The molecule has 0 spiro atoms. The number of benzene rings is 1. The van der Waals surface area contributed by atoms with Crippen LogP contribution >= 0.6 is 0 Å². The van der Waals surface area contributed by atoms with Crippen molar-refractivity contribution in [1.29, 1.82) is 0 Å². The Kier molecular flexibility index (Phi) is 6.24. The summed E-state index contributed by atoms with van der Waals surface area (Å²) in [5.74, 6) is 0.635. The Bertz CT molecular complexity index is 513. The molecule has 0 aliphatic heterocycles. The van der Waals surface area contributed by atoms with E-state index < -0.39 is 10.1 Å². The van der Waals surface area contributed by atoms with Crippen LogP contribution in [-0.4, -0.2) is 18.7 Å². The average molecular weight is 310 g/mol. The zero-order valence-electron chi connectivity index (χ0n) is 12.6. The summed E-state index contributed by atoms with van der Waals surface area (Å²) in [4.78, 5) is 0. The molecule has 0 bridgehead atoms. The fraction of sp³-hybridized carbons (Fsp3) is 0.647. The van der Waals surface area contributed by atoms with Gasteiger partial charge < -0.3 is 0 Å². The molecular weight excluding hydrogens is 284 g/mol. The molecule has 1 saturated carbocycles. The first-order valence-electron chi connectivity index (χ1n) is 8.08. The van der Waals surface area contributed by atoms with Crippen molar-refractivity contribution in [2.75, 3.05) is 5.75 Å². The van der Waals surface area contributed by atoms with E-state index in [1.54, 1.807) is 0 Å². The Morgan fingerprint density at radius 2 is 1.62 bits per heavy atom. The van der Waals surface area contributed by atoms with Gasteiger partial charge in [0.2, 0.25) is 0 Å². The van der Waals surface area contributed by atoms with E-state index in [0.717, 1.165) is 25.2 Å². The Labute approximate surface area is 128 Å². The van der Waals surface area contributed by atoms with Crippen LogP contribution in [0.1, 0.15) is 68.4 Å². The number of hydrogen-bond acceptors (Lipinski definition) is 2. The molecule has 1 N–H and O–H groups in total. The van der Waals surface area contributed by atoms with Crippen molar-refractivity contribution >= 4 is 10.1 Å². The van der Waals surface area contributed by atoms with Gasteiger partial charge in [0, 0.05) is 0 Å². The highest BCUT2D eigenvalue weighted by molar-refractivity contribution is 7.85. The van der Waals surface area contributed by atoms with Gasteiger partial charge in [-0.25, -0.2) is 0 Å². The molecule has 0 heterocycles. The molecule has 118 valence electrons. The molecule has 0 saturated heterocycles. The second-order valence-corrected chi connectivity index (χ2v) is 7.75. The lowest BCUT2D eigenvalue weighted by Crippen LogP contribution is -2.04. The van der Waals surface area contributed by atoms with E-state index in [0.29, 0.717) is 6.42 Å². The third kappa shape index (κ3) is 6.18. The number of aryl methyl sites for hydroxylation is 1. The molecule has 0 atom stereocenters. The molecule has 1 aromatic carbocycles. The van der Waals surface area contributed by atoms with E-state index in [9.17, 15) is 8.42 Å². The highest BCUT2D eigenvalue weighted by Crippen LogP contribution is 2.32. The van der Waals surface area contributed by atoms with Gasteiger partial charge in [-0.2, -0.15) is 8.42 Å². The fourth-order valence-electron chi connectivity index (χ4n) is 3.18. The van der Waals surface area contributed by atoms with E-state index in [4.69, 9.17) is 4.55 Å². The summed E-state index contributed by atoms with van der Waals surface area (Å²) in [6.07, 6.45) is 10.1. The van der Waals surface area contributed by atoms with E-state index in [-0.39, 0.29) is 5.75 Å². The van der Waals surface area contributed by atoms with Crippen LogP contribution in [0.4, 0.5) is 0 Å². The third-order valence-electron chi connectivity index (χ3n) is 4.42. The van der Waals surface area contributed by atoms with Crippen LogP contribution in [0, 0.1) is 0 Å². The minimum atomic E-state index is -3.79. The van der Waals surface area contributed by atoms with Gasteiger partial charge in [-0.1, -0.05) is 49.9 Å². The largest absolute Gasteiger partial charge is 0.286 e. The maximum absolute atomic E-state index is 10.6. The highest BCUT2D eigenvalue weighted by Gasteiger charge is 2.14. The topological polar surface area (TPSA) is 54.4 Å². The zero-order valence-corrected chi connectivity index (χ0v) is 13.4. The van der Waals surface area contributed by atoms with Crippen LogP contribution in [-0.2, 0) is 16.5 Å². The smallest absolute Gasteiger partial charge is 0.264 e. The van der Waals surface area contributed by atoms with Gasteiger partial charge in [-0.15, -0.1) is 0 Å². The van der Waals surface area contributed by atoms with Gasteiger partial charge in [0.25, 0.3) is 10.1 Å². The summed E-state index contributed by atoms with van der Waals surface area (Å²) >= 11 is 0. The minimum absolute atomic E-state index is 0.117. The van der Waals surface area contributed by atoms with Gasteiger partial charge >= 0.3 is 0 Å². The van der Waals surface area contributed by atoms with Crippen molar-refractivity contribution in [1.82, 2.24) is 0 Å². The molecule has 0 radical (unpaired) electrons. The van der Waals surface area contributed by atoms with E-state index in [1.165, 1.54) is 43.2 Å². The van der Waals surface area contributed by atoms with Crippen LogP contribution in [0.5, 0.6) is 0 Å². The highest BCUT2D eigenvalue weighted by atomic mass is 32.2. The molecule has 2 rings (SSSR count). The maximum atomic E-state index is 10.6. The van der Waals surface area contributed by atoms with E-state index in [1.807, 2.05) is 0 Å². The SMILES string of the molecule is O=S(=O)(O)CCCCCc1ccc(C2CCCCC2)cc1. The minimum Gasteiger partial charge on any atom is -0.286 e. The summed E-state index contributed by atoms with van der Waals surface area (Å²) in [7, 11) is -3.79. The molecule has 1 aromatic rings. The molecule has 1 aliphatic rings. The fourth-order valence-corrected chi connectivity index (χ4v) is 3.75. The van der Waals surface area contributed by atoms with Crippen molar-refractivity contribution in [3.05, 3.63) is 35.4 Å². The second-order valence-electron chi connectivity index (χ2n) is 6.17. The van der Waals surface area contributed by atoms with Gasteiger partial charge in [0.15, 0.2) is 0 Å². The Hall–Kier alpha value is -0.870. The van der Waals surface area contributed by atoms with Crippen molar-refractivity contribution in [2.24, 2.45) is 0 Å². The summed E-state index contributed by atoms with van der Waals surface area (Å²) in [5.41, 5.74) is 2.80. The molecule has 3 nitrogen and oxygen atoms in total. The van der Waals surface area contributed by atoms with Crippen molar-refractivity contribution < 1.29 is 13.0 Å². The van der Waals surface area contributed by atoms with Crippen molar-refractivity contribution in [2.45, 2.75) is 63.7 Å².